The van der Waals surface area contributed by atoms with Gasteiger partial charge < -0.3 is 20.9 Å². The Balaban J connectivity index is 2.56. The molecule has 1 amide bonds. The summed E-state index contributed by atoms with van der Waals surface area (Å²) in [5, 5.41) is 11.6. The fraction of sp³-hybridized carbons (Fsp3) is 0.818. The van der Waals surface area contributed by atoms with Gasteiger partial charge in [-0.3, -0.25) is 4.79 Å². The summed E-state index contributed by atoms with van der Waals surface area (Å²) >= 11 is 0. The van der Waals surface area contributed by atoms with Gasteiger partial charge in [0.2, 0.25) is 5.91 Å². The molecule has 0 radical (unpaired) electrons. The number of carboxylic acid groups (broad SMARTS) is 1. The Bertz CT molecular complexity index is 287. The molecule has 1 saturated heterocycles. The fourth-order valence-corrected chi connectivity index (χ4v) is 1.77. The average Bonchev–Trinajstić information content (AvgIpc) is 2.75. The van der Waals surface area contributed by atoms with E-state index in [-0.39, 0.29) is 13.0 Å². The summed E-state index contributed by atoms with van der Waals surface area (Å²) in [6, 6.07) is -0.647. The maximum Gasteiger partial charge on any atom is 0.331 e. The lowest BCUT2D eigenvalue weighted by molar-refractivity contribution is -0.147. The van der Waals surface area contributed by atoms with E-state index >= 15 is 0 Å². The molecule has 0 aromatic carbocycles. The lowest BCUT2D eigenvalue weighted by Crippen LogP contribution is -2.58. The molecule has 0 aromatic heterocycles. The van der Waals surface area contributed by atoms with Gasteiger partial charge in [0.1, 0.15) is 0 Å². The van der Waals surface area contributed by atoms with Crippen LogP contribution in [0.25, 0.3) is 0 Å². The molecule has 1 aliphatic heterocycles. The van der Waals surface area contributed by atoms with Gasteiger partial charge in [-0.05, 0) is 6.42 Å². The first-order valence-corrected chi connectivity index (χ1v) is 5.90. The van der Waals surface area contributed by atoms with E-state index in [0.717, 1.165) is 12.8 Å². The molecular formula is C11H20N2O4. The Hall–Kier alpha value is -1.14. The number of carbonyl (C=O) groups is 2. The zero-order chi connectivity index (χ0) is 12.9. The SMILES string of the molecule is CCCC[C@H](N)C(=O)NC1(C(=O)O)CCOC1. The molecule has 1 unspecified atom stereocenters. The summed E-state index contributed by atoms with van der Waals surface area (Å²) < 4.78 is 5.05. The highest BCUT2D eigenvalue weighted by atomic mass is 16.5. The van der Waals surface area contributed by atoms with Crippen LogP contribution >= 0.6 is 0 Å². The molecule has 0 spiro atoms. The lowest BCUT2D eigenvalue weighted by Gasteiger charge is -2.25. The van der Waals surface area contributed by atoms with Crippen LogP contribution in [0.3, 0.4) is 0 Å². The molecule has 0 aromatic rings. The molecule has 98 valence electrons. The molecular weight excluding hydrogens is 224 g/mol. The van der Waals surface area contributed by atoms with Crippen molar-refractivity contribution in [2.24, 2.45) is 5.73 Å². The minimum atomic E-state index is -1.29. The first-order chi connectivity index (χ1) is 8.02. The third-order valence-electron chi connectivity index (χ3n) is 3.00. The number of nitrogens with two attached hydrogens (primary N) is 1. The van der Waals surface area contributed by atoms with Crippen LogP contribution in [0.15, 0.2) is 0 Å². The molecule has 17 heavy (non-hydrogen) atoms. The van der Waals surface area contributed by atoms with Gasteiger partial charge in [-0.2, -0.15) is 0 Å². The lowest BCUT2D eigenvalue weighted by atomic mass is 9.98. The number of hydrogen-bond donors (Lipinski definition) is 3. The molecule has 1 heterocycles. The second kappa shape index (κ2) is 5.97. The highest BCUT2D eigenvalue weighted by Gasteiger charge is 2.44. The van der Waals surface area contributed by atoms with E-state index in [1.54, 1.807) is 0 Å². The van der Waals surface area contributed by atoms with Crippen molar-refractivity contribution in [3.05, 3.63) is 0 Å². The molecule has 1 rings (SSSR count). The number of hydrogen-bond acceptors (Lipinski definition) is 4. The maximum atomic E-state index is 11.8. The minimum Gasteiger partial charge on any atom is -0.479 e. The Morgan fingerprint density at radius 2 is 2.29 bits per heavy atom. The number of amides is 1. The van der Waals surface area contributed by atoms with Gasteiger partial charge in [0, 0.05) is 13.0 Å². The largest absolute Gasteiger partial charge is 0.479 e. The molecule has 2 atom stereocenters. The van der Waals surface area contributed by atoms with Crippen LogP contribution in [0.5, 0.6) is 0 Å². The van der Waals surface area contributed by atoms with E-state index in [4.69, 9.17) is 15.6 Å². The van der Waals surface area contributed by atoms with Gasteiger partial charge in [-0.1, -0.05) is 19.8 Å². The number of unbranched alkanes of at least 4 members (excludes halogenated alkanes) is 1. The average molecular weight is 244 g/mol. The van der Waals surface area contributed by atoms with Crippen molar-refractivity contribution in [2.45, 2.75) is 44.2 Å². The fourth-order valence-electron chi connectivity index (χ4n) is 1.77. The van der Waals surface area contributed by atoms with Gasteiger partial charge in [0.05, 0.1) is 12.6 Å². The van der Waals surface area contributed by atoms with Crippen LogP contribution in [-0.4, -0.2) is 41.8 Å². The Morgan fingerprint density at radius 1 is 1.59 bits per heavy atom. The normalized spacial score (nSPS) is 25.5. The topological polar surface area (TPSA) is 102 Å². The van der Waals surface area contributed by atoms with Crippen molar-refractivity contribution in [1.29, 1.82) is 0 Å². The van der Waals surface area contributed by atoms with E-state index in [0.29, 0.717) is 13.0 Å². The number of rotatable bonds is 6. The van der Waals surface area contributed by atoms with Crippen LogP contribution in [-0.2, 0) is 14.3 Å². The summed E-state index contributed by atoms with van der Waals surface area (Å²) in [4.78, 5) is 22.9. The summed E-state index contributed by atoms with van der Waals surface area (Å²) in [6.45, 7) is 2.36. The molecule has 0 saturated carbocycles. The van der Waals surface area contributed by atoms with Gasteiger partial charge in [-0.25, -0.2) is 4.79 Å². The molecule has 0 bridgehead atoms. The van der Waals surface area contributed by atoms with Crippen LogP contribution in [0, 0.1) is 0 Å². The van der Waals surface area contributed by atoms with E-state index < -0.39 is 23.5 Å². The highest BCUT2D eigenvalue weighted by molar-refractivity contribution is 5.89. The Labute approximate surface area is 101 Å². The van der Waals surface area contributed by atoms with Crippen molar-refractivity contribution < 1.29 is 19.4 Å². The molecule has 1 fully saturated rings. The van der Waals surface area contributed by atoms with Crippen molar-refractivity contribution >= 4 is 11.9 Å². The summed E-state index contributed by atoms with van der Waals surface area (Å²) in [6.07, 6.45) is 2.66. The number of ether oxygens (including phenoxy) is 1. The van der Waals surface area contributed by atoms with E-state index in [1.165, 1.54) is 0 Å². The first-order valence-electron chi connectivity index (χ1n) is 5.90. The zero-order valence-electron chi connectivity index (χ0n) is 10.1. The molecule has 4 N–H and O–H groups in total. The Kier molecular flexibility index (Phi) is 4.89. The Morgan fingerprint density at radius 3 is 2.76 bits per heavy atom. The van der Waals surface area contributed by atoms with Crippen LogP contribution in [0.1, 0.15) is 32.6 Å². The molecule has 1 aliphatic rings. The summed E-state index contributed by atoms with van der Waals surface area (Å²) in [5.74, 6) is -1.47. The van der Waals surface area contributed by atoms with Crippen molar-refractivity contribution in [1.82, 2.24) is 5.32 Å². The predicted octanol–water partition coefficient (Wildman–Crippen LogP) is -0.136. The molecule has 0 aliphatic carbocycles. The molecule has 6 nitrogen and oxygen atoms in total. The summed E-state index contributed by atoms with van der Waals surface area (Å²) in [7, 11) is 0. The number of nitrogens with one attached hydrogen (secondary N) is 1. The summed E-state index contributed by atoms with van der Waals surface area (Å²) in [5.41, 5.74) is 4.40. The second-order valence-corrected chi connectivity index (χ2v) is 4.43. The van der Waals surface area contributed by atoms with E-state index in [2.05, 4.69) is 5.32 Å². The van der Waals surface area contributed by atoms with Gasteiger partial charge in [0.15, 0.2) is 5.54 Å². The van der Waals surface area contributed by atoms with Crippen LogP contribution in [0.4, 0.5) is 0 Å². The van der Waals surface area contributed by atoms with E-state index in [1.807, 2.05) is 6.92 Å². The standard InChI is InChI=1S/C11H20N2O4/c1-2-3-4-8(12)9(14)13-11(10(15)16)5-6-17-7-11/h8H,2-7,12H2,1H3,(H,13,14)(H,15,16)/t8-,11?/m0/s1. The molecule has 6 heteroatoms. The number of carbonyl (C=O) groups excluding carboxylic acids is 1. The van der Waals surface area contributed by atoms with Crippen LogP contribution in [0.2, 0.25) is 0 Å². The maximum absolute atomic E-state index is 11.8. The third-order valence-corrected chi connectivity index (χ3v) is 3.00. The van der Waals surface area contributed by atoms with Gasteiger partial charge in [0.25, 0.3) is 0 Å². The first kappa shape index (κ1) is 13.9. The second-order valence-electron chi connectivity index (χ2n) is 4.43. The third kappa shape index (κ3) is 3.41. The van der Waals surface area contributed by atoms with Gasteiger partial charge in [-0.15, -0.1) is 0 Å². The van der Waals surface area contributed by atoms with Gasteiger partial charge >= 0.3 is 5.97 Å². The highest BCUT2D eigenvalue weighted by Crippen LogP contribution is 2.19. The predicted molar refractivity (Wildman–Crippen MR) is 61.4 cm³/mol. The zero-order valence-corrected chi connectivity index (χ0v) is 10.1. The number of aliphatic carboxylic acids is 1. The quantitative estimate of drug-likeness (QED) is 0.604. The smallest absolute Gasteiger partial charge is 0.331 e. The van der Waals surface area contributed by atoms with Crippen LogP contribution < -0.4 is 11.1 Å². The monoisotopic (exact) mass is 244 g/mol. The van der Waals surface area contributed by atoms with E-state index in [9.17, 15) is 9.59 Å². The number of carboxylic acids is 1. The van der Waals surface area contributed by atoms with Crippen molar-refractivity contribution in [3.63, 3.8) is 0 Å². The minimum absolute atomic E-state index is 0.00850. The van der Waals surface area contributed by atoms with Crippen molar-refractivity contribution in [2.75, 3.05) is 13.2 Å². The van der Waals surface area contributed by atoms with Crippen molar-refractivity contribution in [3.8, 4) is 0 Å².